The van der Waals surface area contributed by atoms with E-state index < -0.39 is 0 Å². The van der Waals surface area contributed by atoms with Gasteiger partial charge in [-0.25, -0.2) is 0 Å². The zero-order valence-corrected chi connectivity index (χ0v) is 6.03. The number of thiocarbonyl (C=S) groups is 1. The summed E-state index contributed by atoms with van der Waals surface area (Å²) in [5, 5.41) is 9.28. The maximum Gasteiger partial charge on any atom is 0.0578 e. The lowest BCUT2D eigenvalue weighted by Gasteiger charge is -2.15. The van der Waals surface area contributed by atoms with Crippen molar-refractivity contribution in [3.63, 3.8) is 0 Å². The van der Waals surface area contributed by atoms with Gasteiger partial charge in [-0.1, -0.05) is 12.2 Å². The quantitative estimate of drug-likeness (QED) is 0.512. The summed E-state index contributed by atoms with van der Waals surface area (Å²) in [6, 6.07) is 0. The second-order valence-corrected chi connectivity index (χ2v) is 3.69. The van der Waals surface area contributed by atoms with E-state index >= 15 is 0 Å². The SMILES string of the molecule is O[C@@H]1C[C@@H]2C[C@H]1CC2=S. The Bertz CT molecular complexity index is 153. The first kappa shape index (κ1) is 5.81. The molecule has 0 amide bonds. The van der Waals surface area contributed by atoms with Crippen LogP contribution in [-0.2, 0) is 0 Å². The van der Waals surface area contributed by atoms with Gasteiger partial charge < -0.3 is 5.11 Å². The molecule has 9 heavy (non-hydrogen) atoms. The van der Waals surface area contributed by atoms with Crippen molar-refractivity contribution in [3.05, 3.63) is 0 Å². The van der Waals surface area contributed by atoms with Crippen LogP contribution in [-0.4, -0.2) is 16.1 Å². The first-order chi connectivity index (χ1) is 4.27. The van der Waals surface area contributed by atoms with Crippen LogP contribution in [0.3, 0.4) is 0 Å². The number of hydrogen-bond donors (Lipinski definition) is 1. The summed E-state index contributed by atoms with van der Waals surface area (Å²) in [6.45, 7) is 0. The smallest absolute Gasteiger partial charge is 0.0578 e. The third-order valence-corrected chi connectivity index (χ3v) is 3.08. The zero-order valence-electron chi connectivity index (χ0n) is 5.21. The summed E-state index contributed by atoms with van der Waals surface area (Å²) in [5.41, 5.74) is 0. The van der Waals surface area contributed by atoms with Gasteiger partial charge in [-0.2, -0.15) is 0 Å². The predicted octanol–water partition coefficient (Wildman–Crippen LogP) is 1.15. The Morgan fingerprint density at radius 1 is 1.44 bits per heavy atom. The molecule has 2 saturated carbocycles. The average Bonchev–Trinajstić information content (AvgIpc) is 2.24. The minimum absolute atomic E-state index is 0.0262. The second kappa shape index (κ2) is 1.77. The molecular formula is C7H10OS. The van der Waals surface area contributed by atoms with E-state index in [1.807, 2.05) is 0 Å². The van der Waals surface area contributed by atoms with Crippen LogP contribution < -0.4 is 0 Å². The van der Waals surface area contributed by atoms with E-state index in [0.717, 1.165) is 12.8 Å². The lowest BCUT2D eigenvalue weighted by molar-refractivity contribution is 0.131. The van der Waals surface area contributed by atoms with Gasteiger partial charge in [-0.3, -0.25) is 0 Å². The van der Waals surface area contributed by atoms with Crippen molar-refractivity contribution in [1.29, 1.82) is 0 Å². The predicted molar refractivity (Wildman–Crippen MR) is 39.4 cm³/mol. The summed E-state index contributed by atoms with van der Waals surface area (Å²) in [7, 11) is 0. The van der Waals surface area contributed by atoms with Crippen LogP contribution in [0.5, 0.6) is 0 Å². The van der Waals surface area contributed by atoms with Crippen molar-refractivity contribution in [2.75, 3.05) is 0 Å². The van der Waals surface area contributed by atoms with Crippen molar-refractivity contribution in [2.45, 2.75) is 25.4 Å². The molecule has 2 aliphatic carbocycles. The van der Waals surface area contributed by atoms with Crippen molar-refractivity contribution in [1.82, 2.24) is 0 Å². The highest BCUT2D eigenvalue weighted by Crippen LogP contribution is 2.42. The molecule has 1 nitrogen and oxygen atoms in total. The third kappa shape index (κ3) is 0.733. The molecule has 3 atom stereocenters. The van der Waals surface area contributed by atoms with Crippen LogP contribution in [0.1, 0.15) is 19.3 Å². The molecule has 0 saturated heterocycles. The summed E-state index contributed by atoms with van der Waals surface area (Å²) in [4.78, 5) is 1.21. The maximum absolute atomic E-state index is 9.28. The molecule has 2 heteroatoms. The van der Waals surface area contributed by atoms with Gasteiger partial charge in [0.05, 0.1) is 6.10 Å². The van der Waals surface area contributed by atoms with Crippen LogP contribution in [0.2, 0.25) is 0 Å². The maximum atomic E-state index is 9.28. The summed E-state index contributed by atoms with van der Waals surface area (Å²) >= 11 is 5.11. The Labute approximate surface area is 60.1 Å². The monoisotopic (exact) mass is 142 g/mol. The minimum atomic E-state index is -0.0262. The van der Waals surface area contributed by atoms with E-state index in [9.17, 15) is 5.11 Å². The highest BCUT2D eigenvalue weighted by Gasteiger charge is 2.41. The lowest BCUT2D eigenvalue weighted by atomic mass is 9.98. The van der Waals surface area contributed by atoms with E-state index in [4.69, 9.17) is 12.2 Å². The van der Waals surface area contributed by atoms with Crippen molar-refractivity contribution >= 4 is 17.1 Å². The molecule has 0 spiro atoms. The van der Waals surface area contributed by atoms with Crippen LogP contribution in [0.15, 0.2) is 0 Å². The molecule has 2 fully saturated rings. The second-order valence-electron chi connectivity index (χ2n) is 3.17. The van der Waals surface area contributed by atoms with Crippen LogP contribution >= 0.6 is 12.2 Å². The molecular weight excluding hydrogens is 132 g/mol. The number of aliphatic hydroxyl groups excluding tert-OH is 1. The van der Waals surface area contributed by atoms with Crippen LogP contribution in [0.4, 0.5) is 0 Å². The Hall–Kier alpha value is 0.0500. The number of rotatable bonds is 0. The number of hydrogen-bond acceptors (Lipinski definition) is 2. The van der Waals surface area contributed by atoms with Crippen molar-refractivity contribution in [3.8, 4) is 0 Å². The van der Waals surface area contributed by atoms with Gasteiger partial charge in [0, 0.05) is 0 Å². The first-order valence-electron chi connectivity index (χ1n) is 3.48. The normalized spacial score (nSPS) is 48.6. The van der Waals surface area contributed by atoms with Crippen molar-refractivity contribution < 1.29 is 5.11 Å². The van der Waals surface area contributed by atoms with Gasteiger partial charge in [0.25, 0.3) is 0 Å². The molecule has 0 aliphatic heterocycles. The fourth-order valence-electron chi connectivity index (χ4n) is 2.01. The topological polar surface area (TPSA) is 20.2 Å². The molecule has 0 aromatic heterocycles. The fourth-order valence-corrected chi connectivity index (χ4v) is 2.42. The molecule has 2 aliphatic rings. The van der Waals surface area contributed by atoms with Crippen LogP contribution in [0.25, 0.3) is 0 Å². The lowest BCUT2D eigenvalue weighted by Crippen LogP contribution is -2.19. The van der Waals surface area contributed by atoms with Gasteiger partial charge in [0.1, 0.15) is 0 Å². The third-order valence-electron chi connectivity index (χ3n) is 2.58. The molecule has 2 rings (SSSR count). The summed E-state index contributed by atoms with van der Waals surface area (Å²) in [5.74, 6) is 1.13. The molecule has 0 heterocycles. The first-order valence-corrected chi connectivity index (χ1v) is 3.89. The van der Waals surface area contributed by atoms with E-state index in [1.165, 1.54) is 11.3 Å². The van der Waals surface area contributed by atoms with Gasteiger partial charge in [-0.15, -0.1) is 0 Å². The molecule has 0 unspecified atom stereocenters. The van der Waals surface area contributed by atoms with E-state index in [1.54, 1.807) is 0 Å². The molecule has 0 radical (unpaired) electrons. The standard InChI is InChI=1S/C7H10OS/c8-6-2-5-1-4(6)3-7(5)9/h4-6,8H,1-3H2/t4-,5-,6+/m0/s1. The Kier molecular flexibility index (Phi) is 1.14. The molecule has 0 aromatic rings. The van der Waals surface area contributed by atoms with E-state index in [-0.39, 0.29) is 6.10 Å². The highest BCUT2D eigenvalue weighted by molar-refractivity contribution is 7.80. The summed E-state index contributed by atoms with van der Waals surface area (Å²) in [6.07, 6.45) is 3.10. The highest BCUT2D eigenvalue weighted by atomic mass is 32.1. The zero-order chi connectivity index (χ0) is 6.43. The van der Waals surface area contributed by atoms with Gasteiger partial charge >= 0.3 is 0 Å². The largest absolute Gasteiger partial charge is 0.393 e. The Morgan fingerprint density at radius 3 is 2.56 bits per heavy atom. The molecule has 0 aromatic carbocycles. The van der Waals surface area contributed by atoms with E-state index in [2.05, 4.69) is 0 Å². The Morgan fingerprint density at radius 2 is 2.22 bits per heavy atom. The van der Waals surface area contributed by atoms with Gasteiger partial charge in [0.15, 0.2) is 0 Å². The molecule has 2 bridgehead atoms. The average molecular weight is 142 g/mol. The number of fused-ring (bicyclic) bond motifs is 2. The van der Waals surface area contributed by atoms with Gasteiger partial charge in [-0.05, 0) is 36.0 Å². The van der Waals surface area contributed by atoms with Gasteiger partial charge in [0.2, 0.25) is 0 Å². The molecule has 1 N–H and O–H groups in total. The van der Waals surface area contributed by atoms with E-state index in [0.29, 0.717) is 11.8 Å². The number of aliphatic hydroxyl groups is 1. The summed E-state index contributed by atoms with van der Waals surface area (Å²) < 4.78 is 0. The van der Waals surface area contributed by atoms with Crippen LogP contribution in [0, 0.1) is 11.8 Å². The Balaban J connectivity index is 2.19. The fraction of sp³-hybridized carbons (Fsp3) is 0.857. The minimum Gasteiger partial charge on any atom is -0.393 e. The molecule has 50 valence electrons. The van der Waals surface area contributed by atoms with Crippen molar-refractivity contribution in [2.24, 2.45) is 11.8 Å².